The lowest BCUT2D eigenvalue weighted by Gasteiger charge is -2.34. The largest absolute Gasteiger partial charge is 0.467 e. The van der Waals surface area contributed by atoms with E-state index in [1.807, 2.05) is 30.3 Å². The predicted molar refractivity (Wildman–Crippen MR) is 98.4 cm³/mol. The lowest BCUT2D eigenvalue weighted by molar-refractivity contribution is -0.143. The molecular weight excluding hydrogens is 346 g/mol. The van der Waals surface area contributed by atoms with Crippen molar-refractivity contribution in [3.05, 3.63) is 54.2 Å². The summed E-state index contributed by atoms with van der Waals surface area (Å²) in [6.07, 6.45) is 4.90. The molecule has 2 amide bonds. The van der Waals surface area contributed by atoms with Crippen molar-refractivity contribution in [2.75, 3.05) is 26.8 Å². The van der Waals surface area contributed by atoms with Gasteiger partial charge in [-0.2, -0.15) is 0 Å². The fourth-order valence-corrected chi connectivity index (χ4v) is 3.37. The van der Waals surface area contributed by atoms with Crippen LogP contribution >= 0.6 is 0 Å². The maximum Gasteiger partial charge on any atom is 0.248 e. The molecular formula is C20H25N3O4. The average Bonchev–Trinajstić information content (AvgIpc) is 3.21. The number of pyridine rings is 1. The second-order valence-corrected chi connectivity index (χ2v) is 6.71. The summed E-state index contributed by atoms with van der Waals surface area (Å²) in [7, 11) is 1.50. The highest BCUT2D eigenvalue weighted by Gasteiger charge is 2.31. The number of hydrogen-bond acceptors (Lipinski definition) is 5. The van der Waals surface area contributed by atoms with Gasteiger partial charge in [0.1, 0.15) is 12.4 Å². The molecule has 144 valence electrons. The molecule has 3 heterocycles. The number of aromatic nitrogens is 1. The van der Waals surface area contributed by atoms with Crippen molar-refractivity contribution in [2.24, 2.45) is 5.92 Å². The van der Waals surface area contributed by atoms with Gasteiger partial charge < -0.3 is 19.0 Å². The lowest BCUT2D eigenvalue weighted by Crippen LogP contribution is -2.47. The summed E-state index contributed by atoms with van der Waals surface area (Å²) < 4.78 is 10.4. The first-order valence-corrected chi connectivity index (χ1v) is 9.15. The van der Waals surface area contributed by atoms with Crippen molar-refractivity contribution < 1.29 is 18.7 Å². The summed E-state index contributed by atoms with van der Waals surface area (Å²) in [5, 5.41) is 0. The number of carbonyl (C=O) groups excluding carboxylic acids is 2. The number of furan rings is 1. The zero-order valence-corrected chi connectivity index (χ0v) is 15.5. The quantitative estimate of drug-likeness (QED) is 0.745. The van der Waals surface area contributed by atoms with Crippen molar-refractivity contribution >= 4 is 11.8 Å². The molecule has 7 nitrogen and oxygen atoms in total. The standard InChI is InChI=1S/C20H25N3O4/c1-26-15-19(24)22-10-4-6-16(12-22)20(25)23(14-18-8-5-11-27-18)13-17-7-2-3-9-21-17/h2-3,5,7-9,11,16H,4,6,10,12-15H2,1H3. The van der Waals surface area contributed by atoms with Gasteiger partial charge in [0.25, 0.3) is 0 Å². The Morgan fingerprint density at radius 1 is 1.30 bits per heavy atom. The third-order valence-corrected chi connectivity index (χ3v) is 4.71. The predicted octanol–water partition coefficient (Wildman–Crippen LogP) is 2.09. The van der Waals surface area contributed by atoms with E-state index in [0.717, 1.165) is 24.3 Å². The Balaban J connectivity index is 1.72. The van der Waals surface area contributed by atoms with Gasteiger partial charge in [-0.25, -0.2) is 0 Å². The maximum absolute atomic E-state index is 13.2. The monoisotopic (exact) mass is 371 g/mol. The van der Waals surface area contributed by atoms with E-state index >= 15 is 0 Å². The molecule has 7 heteroatoms. The Kier molecular flexibility index (Phi) is 6.59. The van der Waals surface area contributed by atoms with Crippen molar-refractivity contribution in [1.82, 2.24) is 14.8 Å². The summed E-state index contributed by atoms with van der Waals surface area (Å²) >= 11 is 0. The third-order valence-electron chi connectivity index (χ3n) is 4.71. The summed E-state index contributed by atoms with van der Waals surface area (Å²) in [4.78, 5) is 33.2. The molecule has 2 aromatic rings. The van der Waals surface area contributed by atoms with Crippen LogP contribution in [0.25, 0.3) is 0 Å². The van der Waals surface area contributed by atoms with Gasteiger partial charge in [-0.05, 0) is 37.1 Å². The number of amides is 2. The highest BCUT2D eigenvalue weighted by molar-refractivity contribution is 5.82. The van der Waals surface area contributed by atoms with Gasteiger partial charge in [0.15, 0.2) is 0 Å². The van der Waals surface area contributed by atoms with Crippen LogP contribution in [0.4, 0.5) is 0 Å². The lowest BCUT2D eigenvalue weighted by atomic mass is 9.96. The van der Waals surface area contributed by atoms with Crippen molar-refractivity contribution in [1.29, 1.82) is 0 Å². The van der Waals surface area contributed by atoms with Crippen LogP contribution in [0.5, 0.6) is 0 Å². The number of piperidine rings is 1. The molecule has 0 saturated carbocycles. The molecule has 1 aliphatic heterocycles. The average molecular weight is 371 g/mol. The van der Waals surface area contributed by atoms with Gasteiger partial charge in [0.05, 0.1) is 31.0 Å². The molecule has 1 aliphatic rings. The van der Waals surface area contributed by atoms with Gasteiger partial charge >= 0.3 is 0 Å². The number of ether oxygens (including phenoxy) is 1. The summed E-state index contributed by atoms with van der Waals surface area (Å²) in [5.41, 5.74) is 0.820. The second kappa shape index (κ2) is 9.32. The van der Waals surface area contributed by atoms with E-state index in [4.69, 9.17) is 9.15 Å². The van der Waals surface area contributed by atoms with Gasteiger partial charge in [0, 0.05) is 26.4 Å². The smallest absolute Gasteiger partial charge is 0.248 e. The van der Waals surface area contributed by atoms with Gasteiger partial charge in [0.2, 0.25) is 11.8 Å². The van der Waals surface area contributed by atoms with Crippen LogP contribution in [0.15, 0.2) is 47.2 Å². The molecule has 1 saturated heterocycles. The Morgan fingerprint density at radius 2 is 2.19 bits per heavy atom. The molecule has 3 rings (SSSR count). The van der Waals surface area contributed by atoms with Gasteiger partial charge in [-0.15, -0.1) is 0 Å². The van der Waals surface area contributed by atoms with Crippen LogP contribution in [0, 0.1) is 5.92 Å². The number of hydrogen-bond donors (Lipinski definition) is 0. The van der Waals surface area contributed by atoms with Crippen LogP contribution in [-0.4, -0.2) is 53.4 Å². The van der Waals surface area contributed by atoms with Crippen molar-refractivity contribution in [3.8, 4) is 0 Å². The topological polar surface area (TPSA) is 75.9 Å². The molecule has 27 heavy (non-hydrogen) atoms. The zero-order chi connectivity index (χ0) is 19.1. The maximum atomic E-state index is 13.2. The number of carbonyl (C=O) groups is 2. The minimum absolute atomic E-state index is 0.0203. The normalized spacial score (nSPS) is 16.9. The van der Waals surface area contributed by atoms with E-state index < -0.39 is 0 Å². The fraction of sp³-hybridized carbons (Fsp3) is 0.450. The van der Waals surface area contributed by atoms with Gasteiger partial charge in [-0.3, -0.25) is 14.6 Å². The van der Waals surface area contributed by atoms with E-state index in [1.165, 1.54) is 7.11 Å². The Hall–Kier alpha value is -2.67. The Bertz CT molecular complexity index is 733. The minimum Gasteiger partial charge on any atom is -0.467 e. The highest BCUT2D eigenvalue weighted by atomic mass is 16.5. The van der Waals surface area contributed by atoms with Crippen LogP contribution in [0.3, 0.4) is 0 Å². The summed E-state index contributed by atoms with van der Waals surface area (Å²) in [6, 6.07) is 9.32. The highest BCUT2D eigenvalue weighted by Crippen LogP contribution is 2.21. The molecule has 0 bridgehead atoms. The first kappa shape index (κ1) is 19.1. The van der Waals surface area contributed by atoms with E-state index in [1.54, 1.807) is 22.3 Å². The first-order chi connectivity index (χ1) is 13.2. The molecule has 0 aromatic carbocycles. The summed E-state index contributed by atoms with van der Waals surface area (Å²) in [6.45, 7) is 1.93. The molecule has 0 radical (unpaired) electrons. The Labute approximate surface area is 158 Å². The van der Waals surface area contributed by atoms with Crippen LogP contribution < -0.4 is 0 Å². The van der Waals surface area contributed by atoms with Crippen molar-refractivity contribution in [3.63, 3.8) is 0 Å². The molecule has 0 spiro atoms. The van der Waals surface area contributed by atoms with Crippen molar-refractivity contribution in [2.45, 2.75) is 25.9 Å². The molecule has 1 unspecified atom stereocenters. The summed E-state index contributed by atoms with van der Waals surface area (Å²) in [5.74, 6) is 0.449. The number of likely N-dealkylation sites (tertiary alicyclic amines) is 1. The number of rotatable bonds is 7. The second-order valence-electron chi connectivity index (χ2n) is 6.71. The zero-order valence-electron chi connectivity index (χ0n) is 15.5. The van der Waals surface area contributed by atoms with E-state index in [9.17, 15) is 9.59 Å². The molecule has 0 N–H and O–H groups in total. The van der Waals surface area contributed by atoms with E-state index in [-0.39, 0.29) is 24.3 Å². The van der Waals surface area contributed by atoms with Crippen LogP contribution in [-0.2, 0) is 27.4 Å². The molecule has 1 fully saturated rings. The molecule has 1 atom stereocenters. The van der Waals surface area contributed by atoms with Crippen LogP contribution in [0.2, 0.25) is 0 Å². The number of nitrogens with zero attached hydrogens (tertiary/aromatic N) is 3. The van der Waals surface area contributed by atoms with E-state index in [0.29, 0.717) is 26.2 Å². The third kappa shape index (κ3) is 5.17. The minimum atomic E-state index is -0.224. The molecule has 2 aromatic heterocycles. The molecule has 0 aliphatic carbocycles. The van der Waals surface area contributed by atoms with E-state index in [2.05, 4.69) is 4.98 Å². The number of methoxy groups -OCH3 is 1. The van der Waals surface area contributed by atoms with Crippen LogP contribution in [0.1, 0.15) is 24.3 Å². The van der Waals surface area contributed by atoms with Gasteiger partial charge in [-0.1, -0.05) is 6.07 Å². The first-order valence-electron chi connectivity index (χ1n) is 9.15. The Morgan fingerprint density at radius 3 is 2.89 bits per heavy atom. The SMILES string of the molecule is COCC(=O)N1CCCC(C(=O)N(Cc2ccccn2)Cc2ccco2)C1. The fourth-order valence-electron chi connectivity index (χ4n) is 3.37.